The molecule has 0 fully saturated rings. The van der Waals surface area contributed by atoms with Gasteiger partial charge in [-0.1, -0.05) is 203 Å². The Bertz CT molecular complexity index is 910. The van der Waals surface area contributed by atoms with Gasteiger partial charge < -0.3 is 18.8 Å². The fourth-order valence-corrected chi connectivity index (χ4v) is 9.30. The Morgan fingerprint density at radius 1 is 0.410 bits per heavy atom. The molecule has 0 spiro atoms. The van der Waals surface area contributed by atoms with Crippen LogP contribution in [0.25, 0.3) is 0 Å². The summed E-state index contributed by atoms with van der Waals surface area (Å²) in [6.45, 7) is 26.1. The van der Waals surface area contributed by atoms with Gasteiger partial charge in [0.15, 0.2) is 8.32 Å². The van der Waals surface area contributed by atoms with Gasteiger partial charge in [-0.15, -0.1) is 0 Å². The molecule has 0 unspecified atom stereocenters. The van der Waals surface area contributed by atoms with E-state index in [0.29, 0.717) is 13.2 Å². The van der Waals surface area contributed by atoms with Gasteiger partial charge in [-0.2, -0.15) is 0 Å². The normalized spacial score (nSPS) is 13.2. The van der Waals surface area contributed by atoms with Crippen LogP contribution in [-0.2, 0) is 23.5 Å². The zero-order valence-corrected chi connectivity index (χ0v) is 43.9. The lowest BCUT2D eigenvalue weighted by Gasteiger charge is -2.36. The van der Waals surface area contributed by atoms with Crippen molar-refractivity contribution in [2.45, 2.75) is 285 Å². The third-order valence-electron chi connectivity index (χ3n) is 13.7. The highest BCUT2D eigenvalue weighted by Gasteiger charge is 2.36. The molecule has 0 heterocycles. The van der Waals surface area contributed by atoms with E-state index in [-0.39, 0.29) is 28.8 Å². The molecule has 61 heavy (non-hydrogen) atoms. The lowest BCUT2D eigenvalue weighted by Crippen LogP contribution is -2.41. The van der Waals surface area contributed by atoms with E-state index in [1.54, 1.807) is 0 Å². The van der Waals surface area contributed by atoms with E-state index >= 15 is 0 Å². The predicted octanol–water partition coefficient (Wildman–Crippen LogP) is 17.0. The average molecular weight is 881 g/mol. The van der Waals surface area contributed by atoms with Crippen LogP contribution in [0.4, 0.5) is 0 Å². The second-order valence-corrected chi connectivity index (χ2v) is 25.3. The first-order valence-electron chi connectivity index (χ1n) is 27.1. The van der Waals surface area contributed by atoms with Crippen molar-refractivity contribution < 1.29 is 23.5 Å². The summed E-state index contributed by atoms with van der Waals surface area (Å²) < 4.78 is 18.3. The molecule has 0 aromatic carbocycles. The fraction of sp³-hybridized carbons (Fsp3) is 0.963. The summed E-state index contributed by atoms with van der Waals surface area (Å²) in [6, 6.07) is 0. The minimum atomic E-state index is -1.70. The molecule has 0 aliphatic carbocycles. The summed E-state index contributed by atoms with van der Waals surface area (Å²) in [4.78, 5) is 28.9. The number of nitrogens with zero attached hydrogens (tertiary/aromatic N) is 1. The van der Waals surface area contributed by atoms with Crippen molar-refractivity contribution in [3.8, 4) is 0 Å². The molecule has 0 N–H and O–H groups in total. The molecular weight excluding hydrogens is 771 g/mol. The predicted molar refractivity (Wildman–Crippen MR) is 268 cm³/mol. The van der Waals surface area contributed by atoms with Crippen molar-refractivity contribution in [2.24, 2.45) is 11.8 Å². The van der Waals surface area contributed by atoms with E-state index in [2.05, 4.69) is 66.5 Å². The maximum absolute atomic E-state index is 13.1. The van der Waals surface area contributed by atoms with Crippen LogP contribution in [0.3, 0.4) is 0 Å². The summed E-state index contributed by atoms with van der Waals surface area (Å²) in [5, 5.41) is 0.253. The molecule has 0 radical (unpaired) electrons. The van der Waals surface area contributed by atoms with E-state index < -0.39 is 8.32 Å². The number of rotatable bonds is 46. The summed E-state index contributed by atoms with van der Waals surface area (Å²) in [6.07, 6.45) is 40.3. The Kier molecular flexibility index (Phi) is 41.1. The molecule has 0 aromatic rings. The van der Waals surface area contributed by atoms with Crippen molar-refractivity contribution in [1.82, 2.24) is 4.90 Å². The van der Waals surface area contributed by atoms with Gasteiger partial charge in [-0.25, -0.2) is 0 Å². The van der Waals surface area contributed by atoms with Crippen LogP contribution in [0.15, 0.2) is 0 Å². The van der Waals surface area contributed by atoms with Gasteiger partial charge >= 0.3 is 11.9 Å². The highest BCUT2D eigenvalue weighted by molar-refractivity contribution is 6.74. The Labute approximate surface area is 383 Å². The van der Waals surface area contributed by atoms with Crippen LogP contribution < -0.4 is 0 Å². The minimum absolute atomic E-state index is 0.0671. The standard InChI is InChI=1S/C54H109NO5Si/c1-10-14-18-22-24-32-42-50(40-30-20-16-12-3)52(56)58-47-37-28-26-34-44-55(46-36-39-49-60-61(8,9)54(5,6)7)45-35-27-29-38-48-59-53(57)51(41-31-21-17-13-4)43-33-25-23-19-15-11-2/h50-51H,10-49H2,1-9H3/t50-,51+. The fourth-order valence-electron chi connectivity index (χ4n) is 8.22. The number of carbonyl (C=O) groups excluding carboxylic acids is 2. The zero-order chi connectivity index (χ0) is 45.3. The van der Waals surface area contributed by atoms with Gasteiger partial charge in [0.25, 0.3) is 0 Å². The van der Waals surface area contributed by atoms with E-state index in [0.717, 1.165) is 110 Å². The molecule has 0 aliphatic rings. The van der Waals surface area contributed by atoms with Gasteiger partial charge in [0.2, 0.25) is 0 Å². The van der Waals surface area contributed by atoms with Gasteiger partial charge in [0.05, 0.1) is 25.0 Å². The molecule has 0 bridgehead atoms. The number of esters is 2. The van der Waals surface area contributed by atoms with Crippen molar-refractivity contribution >= 4 is 20.3 Å². The smallest absolute Gasteiger partial charge is 0.308 e. The lowest BCUT2D eigenvalue weighted by atomic mass is 9.94. The Balaban J connectivity index is 4.78. The van der Waals surface area contributed by atoms with E-state index in [1.165, 1.54) is 135 Å². The highest BCUT2D eigenvalue weighted by Crippen LogP contribution is 2.36. The van der Waals surface area contributed by atoms with Crippen LogP contribution in [0.1, 0.15) is 267 Å². The van der Waals surface area contributed by atoms with Crippen molar-refractivity contribution in [2.75, 3.05) is 39.5 Å². The van der Waals surface area contributed by atoms with Crippen molar-refractivity contribution in [3.63, 3.8) is 0 Å². The highest BCUT2D eigenvalue weighted by atomic mass is 28.4. The molecule has 0 rings (SSSR count). The first-order valence-corrected chi connectivity index (χ1v) is 30.0. The molecule has 6 nitrogen and oxygen atoms in total. The summed E-state index contributed by atoms with van der Waals surface area (Å²) in [5.41, 5.74) is 0. The molecule has 0 amide bonds. The Morgan fingerprint density at radius 2 is 0.689 bits per heavy atom. The van der Waals surface area contributed by atoms with Crippen LogP contribution in [0.5, 0.6) is 0 Å². The summed E-state index contributed by atoms with van der Waals surface area (Å²) in [7, 11) is -1.70. The SMILES string of the molecule is CCCCCCCC[C@@H](CCCCCC)C(=O)OCCCCCCN(CCCCCCOC(=O)[C@@H](CCCCCC)CCCCCCCC)CCCCO[Si](C)(C)C(C)(C)C. The van der Waals surface area contributed by atoms with Crippen LogP contribution >= 0.6 is 0 Å². The molecule has 0 aromatic heterocycles. The minimum Gasteiger partial charge on any atom is -0.465 e. The Morgan fingerprint density at radius 3 is 1.05 bits per heavy atom. The first kappa shape index (κ1) is 60.1. The molecule has 364 valence electrons. The average Bonchev–Trinajstić information content (AvgIpc) is 3.22. The quantitative estimate of drug-likeness (QED) is 0.0345. The third-order valence-corrected chi connectivity index (χ3v) is 18.2. The maximum atomic E-state index is 13.1. The van der Waals surface area contributed by atoms with Crippen LogP contribution in [0, 0.1) is 11.8 Å². The number of unbranched alkanes of at least 4 members (excludes halogenated alkanes) is 23. The summed E-state index contributed by atoms with van der Waals surface area (Å²) >= 11 is 0. The molecule has 0 saturated carbocycles. The van der Waals surface area contributed by atoms with Gasteiger partial charge in [0.1, 0.15) is 0 Å². The molecule has 0 saturated heterocycles. The topological polar surface area (TPSA) is 65.1 Å². The monoisotopic (exact) mass is 880 g/mol. The number of ether oxygens (including phenoxy) is 2. The van der Waals surface area contributed by atoms with Crippen molar-refractivity contribution in [1.29, 1.82) is 0 Å². The zero-order valence-electron chi connectivity index (χ0n) is 42.9. The largest absolute Gasteiger partial charge is 0.465 e. The van der Waals surface area contributed by atoms with Gasteiger partial charge in [-0.05, 0) is 102 Å². The lowest BCUT2D eigenvalue weighted by molar-refractivity contribution is -0.150. The molecule has 2 atom stereocenters. The van der Waals surface area contributed by atoms with Crippen molar-refractivity contribution in [3.05, 3.63) is 0 Å². The molecule has 7 heteroatoms. The number of hydrogen-bond donors (Lipinski definition) is 0. The second-order valence-electron chi connectivity index (χ2n) is 20.5. The maximum Gasteiger partial charge on any atom is 0.308 e. The van der Waals surface area contributed by atoms with E-state index in [1.807, 2.05) is 0 Å². The first-order chi connectivity index (χ1) is 29.4. The molecular formula is C54H109NO5Si. The van der Waals surface area contributed by atoms with Gasteiger partial charge in [-0.3, -0.25) is 9.59 Å². The number of hydrogen-bond acceptors (Lipinski definition) is 6. The third kappa shape index (κ3) is 36.0. The number of carbonyl (C=O) groups is 2. The second kappa shape index (κ2) is 41.8. The van der Waals surface area contributed by atoms with Crippen LogP contribution in [0.2, 0.25) is 18.1 Å². The van der Waals surface area contributed by atoms with E-state index in [4.69, 9.17) is 13.9 Å². The Hall–Kier alpha value is -0.923. The van der Waals surface area contributed by atoms with E-state index in [9.17, 15) is 9.59 Å². The van der Waals surface area contributed by atoms with Gasteiger partial charge in [0, 0.05) is 6.61 Å². The van der Waals surface area contributed by atoms with Crippen LogP contribution in [-0.4, -0.2) is 64.6 Å². The molecule has 0 aliphatic heterocycles. The summed E-state index contributed by atoms with van der Waals surface area (Å²) in [5.74, 6) is 0.321.